The van der Waals surface area contributed by atoms with Gasteiger partial charge in [-0.25, -0.2) is 8.78 Å². The number of carboxylic acid groups (broad SMARTS) is 1. The molecule has 8 nitrogen and oxygen atoms in total. The van der Waals surface area contributed by atoms with Crippen molar-refractivity contribution in [2.45, 2.75) is 139 Å². The molecular formula is C44H58F2N2O6. The average Bonchev–Trinajstić information content (AvgIpc) is 3.63. The van der Waals surface area contributed by atoms with Crippen LogP contribution in [0.1, 0.15) is 132 Å². The Hall–Kier alpha value is -3.43. The van der Waals surface area contributed by atoms with Crippen molar-refractivity contribution >= 4 is 17.7 Å². The van der Waals surface area contributed by atoms with Crippen LogP contribution in [0.3, 0.4) is 0 Å². The van der Waals surface area contributed by atoms with Crippen molar-refractivity contribution < 1.29 is 37.4 Å². The van der Waals surface area contributed by atoms with E-state index in [0.717, 1.165) is 56.9 Å². The van der Waals surface area contributed by atoms with Gasteiger partial charge in [0.05, 0.1) is 11.8 Å². The summed E-state index contributed by atoms with van der Waals surface area (Å²) in [5.74, 6) is -1.66. The maximum absolute atomic E-state index is 14.7. The second kappa shape index (κ2) is 12.8. The fourth-order valence-corrected chi connectivity index (χ4v) is 13.2. The summed E-state index contributed by atoms with van der Waals surface area (Å²) < 4.78 is 41.5. The molecule has 0 spiro atoms. The Kier molecular flexibility index (Phi) is 9.21. The van der Waals surface area contributed by atoms with Gasteiger partial charge in [-0.05, 0) is 123 Å². The van der Waals surface area contributed by atoms with Crippen LogP contribution in [-0.2, 0) is 25.5 Å². The van der Waals surface area contributed by atoms with Crippen molar-refractivity contribution in [2.24, 2.45) is 56.2 Å². The monoisotopic (exact) mass is 748 g/mol. The van der Waals surface area contributed by atoms with Crippen molar-refractivity contribution in [1.82, 2.24) is 10.2 Å². The SMILES string of the molecule is CC(C)C1=C2[C@H]3CC[C@@H]4[C@@]5(C)CC[C@H](OC(=O)CC(C)(C)C(=O)O)C(C)(C)[C@@H]5CC[C@@]4(C)[C@]3(C)CC[C@@]2(Cc2nnc(-c3c(F)cccc3F)o2)CC1=O. The van der Waals surface area contributed by atoms with Gasteiger partial charge in [0.15, 0.2) is 5.78 Å². The number of carboxylic acids is 1. The van der Waals surface area contributed by atoms with Gasteiger partial charge in [0.1, 0.15) is 23.3 Å². The van der Waals surface area contributed by atoms with Gasteiger partial charge in [-0.2, -0.15) is 0 Å². The van der Waals surface area contributed by atoms with Crippen LogP contribution in [-0.4, -0.2) is 39.1 Å². The number of hydrogen-bond donors (Lipinski definition) is 1. The first kappa shape index (κ1) is 38.8. The molecular weight excluding hydrogens is 690 g/mol. The summed E-state index contributed by atoms with van der Waals surface area (Å²) in [6.07, 6.45) is 7.77. The number of hydrogen-bond acceptors (Lipinski definition) is 7. The highest BCUT2D eigenvalue weighted by atomic mass is 19.1. The largest absolute Gasteiger partial charge is 0.481 e. The van der Waals surface area contributed by atoms with Gasteiger partial charge in [-0.15, -0.1) is 10.2 Å². The van der Waals surface area contributed by atoms with Gasteiger partial charge in [0.2, 0.25) is 5.89 Å². The summed E-state index contributed by atoms with van der Waals surface area (Å²) in [5.41, 5.74) is -0.128. The van der Waals surface area contributed by atoms with E-state index in [1.165, 1.54) is 23.8 Å². The molecule has 1 heterocycles. The van der Waals surface area contributed by atoms with Crippen molar-refractivity contribution in [3.63, 3.8) is 0 Å². The minimum absolute atomic E-state index is 0.000815. The molecule has 7 rings (SSSR count). The number of rotatable bonds is 8. The van der Waals surface area contributed by atoms with Gasteiger partial charge in [0, 0.05) is 23.7 Å². The van der Waals surface area contributed by atoms with Crippen LogP contribution in [0, 0.1) is 67.8 Å². The number of ketones is 1. The highest BCUT2D eigenvalue weighted by molar-refractivity contribution is 6.00. The molecule has 0 saturated heterocycles. The topological polar surface area (TPSA) is 120 Å². The van der Waals surface area contributed by atoms with Crippen LogP contribution in [0.25, 0.3) is 11.5 Å². The Morgan fingerprint density at radius 1 is 0.944 bits per heavy atom. The number of aliphatic carboxylic acids is 1. The fraction of sp³-hybridized carbons (Fsp3) is 0.705. The lowest BCUT2D eigenvalue weighted by Gasteiger charge is -2.72. The Morgan fingerprint density at radius 3 is 2.28 bits per heavy atom. The Balaban J connectivity index is 1.18. The van der Waals surface area contributed by atoms with Crippen LogP contribution in [0.2, 0.25) is 0 Å². The highest BCUT2D eigenvalue weighted by Crippen LogP contribution is 2.77. The maximum atomic E-state index is 14.7. The number of fused-ring (bicyclic) bond motifs is 7. The number of esters is 1. The highest BCUT2D eigenvalue weighted by Gasteiger charge is 2.70. The van der Waals surface area contributed by atoms with Crippen molar-refractivity contribution in [1.29, 1.82) is 0 Å². The molecule has 54 heavy (non-hydrogen) atoms. The van der Waals surface area contributed by atoms with Crippen LogP contribution in [0.15, 0.2) is 33.8 Å². The zero-order chi connectivity index (χ0) is 39.4. The first-order chi connectivity index (χ1) is 25.1. The zero-order valence-corrected chi connectivity index (χ0v) is 33.5. The quantitative estimate of drug-likeness (QED) is 0.265. The molecule has 8 atom stereocenters. The molecule has 0 unspecified atom stereocenters. The Labute approximate surface area is 318 Å². The molecule has 1 N–H and O–H groups in total. The molecule has 5 aliphatic carbocycles. The number of nitrogens with zero attached hydrogens (tertiary/aromatic N) is 2. The van der Waals surface area contributed by atoms with Crippen molar-refractivity contribution in [3.05, 3.63) is 46.9 Å². The van der Waals surface area contributed by atoms with E-state index < -0.39 is 34.4 Å². The number of allylic oxidation sites excluding steroid dienone is 2. The lowest BCUT2D eigenvalue weighted by atomic mass is 9.33. The molecule has 0 amide bonds. The first-order valence-corrected chi connectivity index (χ1v) is 20.1. The van der Waals surface area contributed by atoms with Gasteiger partial charge < -0.3 is 14.3 Å². The number of carbonyl (C=O) groups excluding carboxylic acids is 2. The van der Waals surface area contributed by atoms with E-state index >= 15 is 0 Å². The molecule has 0 bridgehead atoms. The smallest absolute Gasteiger partial charge is 0.309 e. The predicted octanol–water partition coefficient (Wildman–Crippen LogP) is 9.95. The van der Waals surface area contributed by atoms with Gasteiger partial charge in [-0.3, -0.25) is 14.4 Å². The number of Topliss-reactive ketones (excluding diaryl/α,β-unsaturated/α-hetero) is 1. The maximum Gasteiger partial charge on any atom is 0.309 e. The van der Waals surface area contributed by atoms with Crippen LogP contribution in [0.5, 0.6) is 0 Å². The van der Waals surface area contributed by atoms with Gasteiger partial charge in [-0.1, -0.05) is 60.1 Å². The van der Waals surface area contributed by atoms with Crippen LogP contribution >= 0.6 is 0 Å². The third-order valence-corrected chi connectivity index (χ3v) is 16.1. The van der Waals surface area contributed by atoms with E-state index in [1.54, 1.807) is 13.8 Å². The molecule has 0 aliphatic heterocycles. The average molecular weight is 749 g/mol. The van der Waals surface area contributed by atoms with Gasteiger partial charge in [0.25, 0.3) is 5.89 Å². The second-order valence-electron chi connectivity index (χ2n) is 20.0. The molecule has 10 heteroatoms. The summed E-state index contributed by atoms with van der Waals surface area (Å²) in [4.78, 5) is 38.9. The van der Waals surface area contributed by atoms with E-state index in [2.05, 4.69) is 58.7 Å². The zero-order valence-electron chi connectivity index (χ0n) is 33.5. The third-order valence-electron chi connectivity index (χ3n) is 16.1. The molecule has 0 radical (unpaired) electrons. The number of ether oxygens (including phenoxy) is 1. The van der Waals surface area contributed by atoms with E-state index in [9.17, 15) is 28.3 Å². The van der Waals surface area contributed by atoms with E-state index in [0.29, 0.717) is 30.6 Å². The Bertz CT molecular complexity index is 1890. The number of aromatic nitrogens is 2. The molecule has 5 aliphatic rings. The number of benzene rings is 1. The lowest BCUT2D eigenvalue weighted by Crippen LogP contribution is -2.65. The summed E-state index contributed by atoms with van der Waals surface area (Å²) in [7, 11) is 0. The van der Waals surface area contributed by atoms with E-state index in [1.807, 2.05) is 0 Å². The normalized spacial score (nSPS) is 36.0. The second-order valence-corrected chi connectivity index (χ2v) is 20.0. The third kappa shape index (κ3) is 5.64. The molecule has 4 fully saturated rings. The molecule has 1 aromatic heterocycles. The number of halogens is 2. The van der Waals surface area contributed by atoms with Crippen LogP contribution < -0.4 is 0 Å². The van der Waals surface area contributed by atoms with Crippen molar-refractivity contribution in [3.8, 4) is 11.5 Å². The first-order valence-electron chi connectivity index (χ1n) is 20.1. The summed E-state index contributed by atoms with van der Waals surface area (Å²) >= 11 is 0. The summed E-state index contributed by atoms with van der Waals surface area (Å²) in [6.45, 7) is 19.3. The fourth-order valence-electron chi connectivity index (χ4n) is 13.2. The van der Waals surface area contributed by atoms with E-state index in [-0.39, 0.29) is 63.3 Å². The number of carbonyl (C=O) groups is 3. The van der Waals surface area contributed by atoms with Crippen LogP contribution in [0.4, 0.5) is 8.78 Å². The molecule has 294 valence electrons. The van der Waals surface area contributed by atoms with Crippen molar-refractivity contribution in [2.75, 3.05) is 0 Å². The lowest BCUT2D eigenvalue weighted by molar-refractivity contribution is -0.233. The van der Waals surface area contributed by atoms with Gasteiger partial charge >= 0.3 is 11.9 Å². The minimum Gasteiger partial charge on any atom is -0.481 e. The minimum atomic E-state index is -1.19. The molecule has 2 aromatic rings. The standard InChI is InChI=1S/C44H58F2N2O6/c1-24(2)34-28(49)21-44(22-32-47-48-37(54-32)35-26(45)11-10-12-27(35)46)20-19-42(8)25(36(34)44)13-14-30-41(7)17-16-31(53-33(50)23-39(3,4)38(51)52)40(5,6)29(41)15-18-43(30,42)9/h10-12,24-25,29-31H,13-23H2,1-9H3,(H,51,52)/t25-,29+,30-,31+,41+,42-,43-,44+/m1/s1. The Morgan fingerprint density at radius 2 is 1.63 bits per heavy atom. The molecule has 4 saturated carbocycles. The molecule has 1 aromatic carbocycles. The predicted molar refractivity (Wildman–Crippen MR) is 199 cm³/mol. The van der Waals surface area contributed by atoms with E-state index in [4.69, 9.17) is 9.15 Å². The summed E-state index contributed by atoms with van der Waals surface area (Å²) in [6, 6.07) is 3.65. The summed E-state index contributed by atoms with van der Waals surface area (Å²) in [5, 5.41) is 18.0.